The van der Waals surface area contributed by atoms with Crippen LogP contribution in [-0.2, 0) is 6.54 Å². The summed E-state index contributed by atoms with van der Waals surface area (Å²) in [6, 6.07) is 10.8. The van der Waals surface area contributed by atoms with Crippen molar-refractivity contribution in [2.75, 3.05) is 31.1 Å². The first-order valence-corrected chi connectivity index (χ1v) is 9.65. The van der Waals surface area contributed by atoms with Gasteiger partial charge in [-0.15, -0.1) is 5.10 Å². The Kier molecular flexibility index (Phi) is 5.38. The van der Waals surface area contributed by atoms with Crippen LogP contribution in [0, 0.1) is 11.7 Å². The van der Waals surface area contributed by atoms with Crippen LogP contribution in [0.4, 0.5) is 10.1 Å². The van der Waals surface area contributed by atoms with Crippen molar-refractivity contribution in [2.24, 2.45) is 5.92 Å². The lowest BCUT2D eigenvalue weighted by molar-refractivity contribution is 0.134. The van der Waals surface area contributed by atoms with E-state index in [-0.39, 0.29) is 11.9 Å². The minimum absolute atomic E-state index is 0.0905. The average Bonchev–Trinajstić information content (AvgIpc) is 3.36. The lowest BCUT2D eigenvalue weighted by Gasteiger charge is -2.41. The fraction of sp³-hybridized carbons (Fsp3) is 0.450. The fourth-order valence-corrected chi connectivity index (χ4v) is 3.92. The standard InChI is InChI=1S/C20H25FN6O/c1-15(2)19(20-22-23-24-27(20)14-16-6-5-13-28-16)26-11-9-25(10-12-26)18-8-4-3-7-17(18)21/h3-8,13,15,19H,9-12,14H2,1-2H3/t19-/m0/s1. The summed E-state index contributed by atoms with van der Waals surface area (Å²) in [5.41, 5.74) is 0.672. The van der Waals surface area contributed by atoms with Crippen LogP contribution in [0.2, 0.25) is 0 Å². The molecule has 2 aromatic heterocycles. The lowest BCUT2D eigenvalue weighted by Crippen LogP contribution is -2.49. The van der Waals surface area contributed by atoms with Crippen molar-refractivity contribution in [2.45, 2.75) is 26.4 Å². The maximum atomic E-state index is 14.1. The van der Waals surface area contributed by atoms with Gasteiger partial charge in [0, 0.05) is 26.2 Å². The predicted octanol–water partition coefficient (Wildman–Crippen LogP) is 2.97. The van der Waals surface area contributed by atoms with Gasteiger partial charge in [0.25, 0.3) is 0 Å². The maximum absolute atomic E-state index is 14.1. The maximum Gasteiger partial charge on any atom is 0.169 e. The zero-order chi connectivity index (χ0) is 19.5. The van der Waals surface area contributed by atoms with Gasteiger partial charge in [-0.05, 0) is 40.6 Å². The summed E-state index contributed by atoms with van der Waals surface area (Å²) in [4.78, 5) is 4.50. The second kappa shape index (κ2) is 8.10. The minimum Gasteiger partial charge on any atom is -0.467 e. The van der Waals surface area contributed by atoms with Crippen molar-refractivity contribution in [1.82, 2.24) is 25.1 Å². The molecule has 1 fully saturated rings. The Morgan fingerprint density at radius 2 is 1.86 bits per heavy atom. The van der Waals surface area contributed by atoms with Gasteiger partial charge >= 0.3 is 0 Å². The van der Waals surface area contributed by atoms with Gasteiger partial charge in [-0.3, -0.25) is 4.90 Å². The Morgan fingerprint density at radius 1 is 1.07 bits per heavy atom. The van der Waals surface area contributed by atoms with E-state index in [9.17, 15) is 4.39 Å². The van der Waals surface area contributed by atoms with Crippen LogP contribution in [-0.4, -0.2) is 51.3 Å². The van der Waals surface area contributed by atoms with Crippen LogP contribution in [0.15, 0.2) is 47.1 Å². The largest absolute Gasteiger partial charge is 0.467 e. The van der Waals surface area contributed by atoms with Gasteiger partial charge in [-0.1, -0.05) is 26.0 Å². The first-order chi connectivity index (χ1) is 13.6. The van der Waals surface area contributed by atoms with Gasteiger partial charge < -0.3 is 9.32 Å². The summed E-state index contributed by atoms with van der Waals surface area (Å²) in [6.07, 6.45) is 1.65. The SMILES string of the molecule is CC(C)[C@@H](c1nnnn1Cc1ccco1)N1CCN(c2ccccc2F)CC1. The van der Waals surface area contributed by atoms with Crippen molar-refractivity contribution in [3.05, 3.63) is 60.1 Å². The Hall–Kier alpha value is -2.74. The van der Waals surface area contributed by atoms with Gasteiger partial charge in [0.05, 0.1) is 18.0 Å². The fourth-order valence-electron chi connectivity index (χ4n) is 3.92. The molecule has 1 aromatic carbocycles. The lowest BCUT2D eigenvalue weighted by atomic mass is 10.0. The van der Waals surface area contributed by atoms with Crippen LogP contribution in [0.1, 0.15) is 31.5 Å². The molecule has 0 aliphatic carbocycles. The number of rotatable bonds is 6. The minimum atomic E-state index is -0.168. The van der Waals surface area contributed by atoms with Crippen molar-refractivity contribution >= 4 is 5.69 Å². The first-order valence-electron chi connectivity index (χ1n) is 9.65. The second-order valence-corrected chi connectivity index (χ2v) is 7.44. The Morgan fingerprint density at radius 3 is 2.54 bits per heavy atom. The highest BCUT2D eigenvalue weighted by atomic mass is 19.1. The van der Waals surface area contributed by atoms with E-state index in [4.69, 9.17) is 4.42 Å². The van der Waals surface area contributed by atoms with Crippen LogP contribution < -0.4 is 4.90 Å². The molecule has 0 amide bonds. The molecule has 0 saturated carbocycles. The Balaban J connectivity index is 1.50. The number of furan rings is 1. The van der Waals surface area contributed by atoms with Gasteiger partial charge in [-0.25, -0.2) is 9.07 Å². The Bertz CT molecular complexity index is 886. The number of halogens is 1. The van der Waals surface area contributed by atoms with Crippen molar-refractivity contribution in [3.8, 4) is 0 Å². The van der Waals surface area contributed by atoms with Crippen LogP contribution in [0.25, 0.3) is 0 Å². The molecule has 3 aromatic rings. The number of hydrogen-bond donors (Lipinski definition) is 0. The van der Waals surface area contributed by atoms with Gasteiger partial charge in [0.15, 0.2) is 5.82 Å². The number of nitrogens with zero attached hydrogens (tertiary/aromatic N) is 6. The molecule has 4 rings (SSSR count). The van der Waals surface area contributed by atoms with Gasteiger partial charge in [0.1, 0.15) is 18.1 Å². The van der Waals surface area contributed by atoms with E-state index in [2.05, 4.69) is 39.2 Å². The van der Waals surface area contributed by atoms with E-state index in [1.807, 2.05) is 28.9 Å². The molecule has 7 nitrogen and oxygen atoms in total. The van der Waals surface area contributed by atoms with E-state index in [1.165, 1.54) is 6.07 Å². The van der Waals surface area contributed by atoms with Gasteiger partial charge in [-0.2, -0.15) is 0 Å². The Labute approximate surface area is 163 Å². The van der Waals surface area contributed by atoms with E-state index >= 15 is 0 Å². The molecule has 1 aliphatic rings. The highest BCUT2D eigenvalue weighted by Crippen LogP contribution is 2.29. The molecule has 0 radical (unpaired) electrons. The monoisotopic (exact) mass is 384 g/mol. The molecule has 148 valence electrons. The van der Waals surface area contributed by atoms with E-state index in [0.717, 1.165) is 37.8 Å². The third-order valence-corrected chi connectivity index (χ3v) is 5.24. The average molecular weight is 384 g/mol. The number of tetrazole rings is 1. The van der Waals surface area contributed by atoms with Crippen LogP contribution in [0.3, 0.4) is 0 Å². The molecule has 1 aliphatic heterocycles. The molecule has 0 bridgehead atoms. The van der Waals surface area contributed by atoms with E-state index < -0.39 is 0 Å². The molecule has 0 N–H and O–H groups in total. The normalized spacial score (nSPS) is 16.6. The molecular formula is C20H25FN6O. The zero-order valence-corrected chi connectivity index (χ0v) is 16.2. The molecular weight excluding hydrogens is 359 g/mol. The number of piperazine rings is 1. The number of hydrogen-bond acceptors (Lipinski definition) is 6. The summed E-state index contributed by atoms with van der Waals surface area (Å²) < 4.78 is 21.4. The second-order valence-electron chi connectivity index (χ2n) is 7.44. The topological polar surface area (TPSA) is 63.2 Å². The number of benzene rings is 1. The molecule has 1 atom stereocenters. The number of anilines is 1. The van der Waals surface area contributed by atoms with Crippen molar-refractivity contribution < 1.29 is 8.81 Å². The van der Waals surface area contributed by atoms with E-state index in [0.29, 0.717) is 18.2 Å². The number of aromatic nitrogens is 4. The molecule has 0 unspecified atom stereocenters. The van der Waals surface area contributed by atoms with Gasteiger partial charge in [0.2, 0.25) is 0 Å². The van der Waals surface area contributed by atoms with Crippen molar-refractivity contribution in [1.29, 1.82) is 0 Å². The predicted molar refractivity (Wildman–Crippen MR) is 103 cm³/mol. The zero-order valence-electron chi connectivity index (χ0n) is 16.2. The van der Waals surface area contributed by atoms with Crippen LogP contribution >= 0.6 is 0 Å². The molecule has 1 saturated heterocycles. The quantitative estimate of drug-likeness (QED) is 0.651. The third kappa shape index (κ3) is 3.77. The third-order valence-electron chi connectivity index (χ3n) is 5.24. The molecule has 28 heavy (non-hydrogen) atoms. The highest BCUT2D eigenvalue weighted by Gasteiger charge is 2.32. The van der Waals surface area contributed by atoms with Crippen LogP contribution in [0.5, 0.6) is 0 Å². The summed E-state index contributed by atoms with van der Waals surface area (Å²) in [5.74, 6) is 1.83. The highest BCUT2D eigenvalue weighted by molar-refractivity contribution is 5.48. The first kappa shape index (κ1) is 18.6. The number of para-hydroxylation sites is 1. The smallest absolute Gasteiger partial charge is 0.169 e. The summed E-state index contributed by atoms with van der Waals surface area (Å²) >= 11 is 0. The molecule has 0 spiro atoms. The summed E-state index contributed by atoms with van der Waals surface area (Å²) in [5, 5.41) is 12.4. The van der Waals surface area contributed by atoms with Crippen molar-refractivity contribution in [3.63, 3.8) is 0 Å². The summed E-state index contributed by atoms with van der Waals surface area (Å²) in [7, 11) is 0. The molecule has 3 heterocycles. The van der Waals surface area contributed by atoms with E-state index in [1.54, 1.807) is 12.3 Å². The molecule has 8 heteroatoms. The summed E-state index contributed by atoms with van der Waals surface area (Å²) in [6.45, 7) is 8.05.